The van der Waals surface area contributed by atoms with Gasteiger partial charge in [-0.25, -0.2) is 8.78 Å². The molecule has 0 unspecified atom stereocenters. The van der Waals surface area contributed by atoms with Crippen molar-refractivity contribution >= 4 is 11.6 Å². The lowest BCUT2D eigenvalue weighted by molar-refractivity contribution is 0.564. The Morgan fingerprint density at radius 1 is 0.913 bits per heavy atom. The zero-order chi connectivity index (χ0) is 16.4. The monoisotopic (exact) mass is 331 g/mol. The summed E-state index contributed by atoms with van der Waals surface area (Å²) in [6.07, 6.45) is 1.65. The summed E-state index contributed by atoms with van der Waals surface area (Å²) in [7, 11) is 0. The highest BCUT2D eigenvalue weighted by Crippen LogP contribution is 2.20. The minimum absolute atomic E-state index is 0.0341. The van der Waals surface area contributed by atoms with Gasteiger partial charge in [-0.05, 0) is 35.4 Å². The van der Waals surface area contributed by atoms with Crippen molar-refractivity contribution in [3.63, 3.8) is 0 Å². The van der Waals surface area contributed by atoms with Crippen molar-refractivity contribution in [2.45, 2.75) is 6.54 Å². The summed E-state index contributed by atoms with van der Waals surface area (Å²) in [6.45, 7) is 0.0341. The predicted octanol–water partition coefficient (Wildman–Crippen LogP) is 4.50. The minimum atomic E-state index is -0.672. The van der Waals surface area contributed by atoms with E-state index in [2.05, 4.69) is 0 Å². The molecule has 0 spiro atoms. The van der Waals surface area contributed by atoms with Crippen LogP contribution in [0.5, 0.6) is 0 Å². The standard InChI is InChI=1S/C18H12ClF2NO/c19-15-5-1-12(2-6-15)13-4-8-18(23)22(10-13)11-14-3-7-16(20)9-17(14)21/h1-10H,11H2. The third-order valence-electron chi connectivity index (χ3n) is 3.52. The van der Waals surface area contributed by atoms with Crippen molar-refractivity contribution in [3.05, 3.63) is 93.4 Å². The number of nitrogens with zero attached hydrogens (tertiary/aromatic N) is 1. The zero-order valence-electron chi connectivity index (χ0n) is 12.0. The van der Waals surface area contributed by atoms with Crippen LogP contribution in [0.2, 0.25) is 5.02 Å². The van der Waals surface area contributed by atoms with E-state index in [-0.39, 0.29) is 17.7 Å². The minimum Gasteiger partial charge on any atom is -0.310 e. The number of aromatic nitrogens is 1. The summed E-state index contributed by atoms with van der Waals surface area (Å²) in [4.78, 5) is 12.0. The molecule has 3 aromatic rings. The third kappa shape index (κ3) is 3.48. The highest BCUT2D eigenvalue weighted by molar-refractivity contribution is 6.30. The Morgan fingerprint density at radius 2 is 1.61 bits per heavy atom. The lowest BCUT2D eigenvalue weighted by Crippen LogP contribution is -2.19. The van der Waals surface area contributed by atoms with Gasteiger partial charge in [0.15, 0.2) is 0 Å². The Bertz CT molecular complexity index is 904. The van der Waals surface area contributed by atoms with Gasteiger partial charge in [0.2, 0.25) is 0 Å². The Morgan fingerprint density at radius 3 is 2.30 bits per heavy atom. The van der Waals surface area contributed by atoms with Crippen molar-refractivity contribution in [2.24, 2.45) is 0 Å². The summed E-state index contributed by atoms with van der Waals surface area (Å²) in [5.74, 6) is -1.32. The first-order valence-corrected chi connectivity index (χ1v) is 7.31. The van der Waals surface area contributed by atoms with E-state index >= 15 is 0 Å². The number of pyridine rings is 1. The van der Waals surface area contributed by atoms with Gasteiger partial charge in [0.25, 0.3) is 5.56 Å². The lowest BCUT2D eigenvalue weighted by Gasteiger charge is -2.10. The van der Waals surface area contributed by atoms with E-state index in [1.54, 1.807) is 24.4 Å². The molecule has 0 saturated heterocycles. The number of hydrogen-bond donors (Lipinski definition) is 0. The summed E-state index contributed by atoms with van der Waals surface area (Å²) in [5, 5.41) is 0.621. The first-order valence-electron chi connectivity index (χ1n) is 6.93. The molecule has 1 heterocycles. The van der Waals surface area contributed by atoms with E-state index in [1.807, 2.05) is 12.1 Å². The zero-order valence-corrected chi connectivity index (χ0v) is 12.7. The molecule has 0 aliphatic carbocycles. The molecular weight excluding hydrogens is 320 g/mol. The maximum atomic E-state index is 13.8. The molecule has 1 aromatic heterocycles. The molecule has 5 heteroatoms. The van der Waals surface area contributed by atoms with Gasteiger partial charge in [0, 0.05) is 28.9 Å². The molecule has 2 nitrogen and oxygen atoms in total. The maximum Gasteiger partial charge on any atom is 0.250 e. The first kappa shape index (κ1) is 15.4. The maximum absolute atomic E-state index is 13.8. The molecule has 3 rings (SSSR count). The van der Waals surface area contributed by atoms with Gasteiger partial charge in [-0.15, -0.1) is 0 Å². The fourth-order valence-electron chi connectivity index (χ4n) is 2.30. The van der Waals surface area contributed by atoms with E-state index in [9.17, 15) is 13.6 Å². The Hall–Kier alpha value is -2.46. The average molecular weight is 332 g/mol. The number of halogens is 3. The van der Waals surface area contributed by atoms with E-state index in [1.165, 1.54) is 22.8 Å². The normalized spacial score (nSPS) is 10.7. The van der Waals surface area contributed by atoms with Gasteiger partial charge in [-0.1, -0.05) is 29.8 Å². The van der Waals surface area contributed by atoms with Gasteiger partial charge in [0.05, 0.1) is 6.54 Å². The van der Waals surface area contributed by atoms with E-state index in [0.717, 1.165) is 17.2 Å². The Labute approximate surface area is 136 Å². The SMILES string of the molecule is O=c1ccc(-c2ccc(Cl)cc2)cn1Cc1ccc(F)cc1F. The second kappa shape index (κ2) is 6.34. The van der Waals surface area contributed by atoms with Crippen molar-refractivity contribution in [1.29, 1.82) is 0 Å². The molecular formula is C18H12ClF2NO. The van der Waals surface area contributed by atoms with Crippen LogP contribution in [0.4, 0.5) is 8.78 Å². The van der Waals surface area contributed by atoms with Crippen LogP contribution in [0.3, 0.4) is 0 Å². The molecule has 0 amide bonds. The summed E-state index contributed by atoms with van der Waals surface area (Å²) >= 11 is 5.87. The number of benzene rings is 2. The summed E-state index contributed by atoms with van der Waals surface area (Å²) in [5.41, 5.74) is 1.69. The quantitative estimate of drug-likeness (QED) is 0.693. The average Bonchev–Trinajstić information content (AvgIpc) is 2.53. The first-order chi connectivity index (χ1) is 11.0. The van der Waals surface area contributed by atoms with Gasteiger partial charge >= 0.3 is 0 Å². The van der Waals surface area contributed by atoms with Crippen molar-refractivity contribution in [3.8, 4) is 11.1 Å². The summed E-state index contributed by atoms with van der Waals surface area (Å²) in [6, 6.07) is 13.6. The topological polar surface area (TPSA) is 22.0 Å². The van der Waals surface area contributed by atoms with Crippen LogP contribution in [0.1, 0.15) is 5.56 Å². The molecule has 0 radical (unpaired) electrons. The van der Waals surface area contributed by atoms with Crippen molar-refractivity contribution in [2.75, 3.05) is 0 Å². The largest absolute Gasteiger partial charge is 0.310 e. The van der Waals surface area contributed by atoms with Crippen LogP contribution in [0, 0.1) is 11.6 Å². The Kier molecular flexibility index (Phi) is 4.26. The van der Waals surface area contributed by atoms with Crippen LogP contribution in [-0.4, -0.2) is 4.57 Å². The Balaban J connectivity index is 1.97. The van der Waals surface area contributed by atoms with Crippen LogP contribution in [0.25, 0.3) is 11.1 Å². The molecule has 0 aliphatic rings. The molecule has 0 bridgehead atoms. The molecule has 0 aliphatic heterocycles. The van der Waals surface area contributed by atoms with E-state index < -0.39 is 11.6 Å². The molecule has 2 aromatic carbocycles. The van der Waals surface area contributed by atoms with Crippen molar-refractivity contribution < 1.29 is 8.78 Å². The predicted molar refractivity (Wildman–Crippen MR) is 86.6 cm³/mol. The number of hydrogen-bond acceptors (Lipinski definition) is 1. The van der Waals surface area contributed by atoms with E-state index in [0.29, 0.717) is 5.02 Å². The van der Waals surface area contributed by atoms with Crippen LogP contribution in [0.15, 0.2) is 65.6 Å². The van der Waals surface area contributed by atoms with Gasteiger partial charge in [-0.2, -0.15) is 0 Å². The second-order valence-corrected chi connectivity index (χ2v) is 5.56. The number of rotatable bonds is 3. The van der Waals surface area contributed by atoms with Crippen LogP contribution >= 0.6 is 11.6 Å². The molecule has 23 heavy (non-hydrogen) atoms. The second-order valence-electron chi connectivity index (χ2n) is 5.13. The molecule has 0 atom stereocenters. The smallest absolute Gasteiger partial charge is 0.250 e. The van der Waals surface area contributed by atoms with E-state index in [4.69, 9.17) is 11.6 Å². The highest BCUT2D eigenvalue weighted by atomic mass is 35.5. The fourth-order valence-corrected chi connectivity index (χ4v) is 2.43. The molecule has 0 N–H and O–H groups in total. The van der Waals surface area contributed by atoms with Crippen molar-refractivity contribution in [1.82, 2.24) is 4.57 Å². The lowest BCUT2D eigenvalue weighted by atomic mass is 10.1. The van der Waals surface area contributed by atoms with Gasteiger partial charge in [-0.3, -0.25) is 4.79 Å². The van der Waals surface area contributed by atoms with Crippen LogP contribution < -0.4 is 5.56 Å². The van der Waals surface area contributed by atoms with Gasteiger partial charge < -0.3 is 4.57 Å². The molecule has 0 saturated carbocycles. The fraction of sp³-hybridized carbons (Fsp3) is 0.0556. The molecule has 116 valence electrons. The third-order valence-corrected chi connectivity index (χ3v) is 3.77. The summed E-state index contributed by atoms with van der Waals surface area (Å²) < 4.78 is 28.1. The van der Waals surface area contributed by atoms with Gasteiger partial charge in [0.1, 0.15) is 11.6 Å². The molecule has 0 fully saturated rings. The van der Waals surface area contributed by atoms with Crippen LogP contribution in [-0.2, 0) is 6.54 Å². The highest BCUT2D eigenvalue weighted by Gasteiger charge is 2.07.